The van der Waals surface area contributed by atoms with Crippen molar-refractivity contribution >= 4 is 10.0 Å². The number of sulfonamides is 1. The summed E-state index contributed by atoms with van der Waals surface area (Å²) in [6.45, 7) is 7.35. The number of aryl methyl sites for hydroxylation is 1. The van der Waals surface area contributed by atoms with Crippen molar-refractivity contribution in [3.8, 4) is 0 Å². The maximum absolute atomic E-state index is 12.5. The number of hydrogen-bond donors (Lipinski definition) is 0. The van der Waals surface area contributed by atoms with Crippen LogP contribution in [-0.4, -0.2) is 53.2 Å². The monoisotopic (exact) mass is 432 g/mol. The van der Waals surface area contributed by atoms with E-state index in [4.69, 9.17) is 4.42 Å². The van der Waals surface area contributed by atoms with E-state index in [0.717, 1.165) is 51.7 Å². The van der Waals surface area contributed by atoms with Crippen LogP contribution < -0.4 is 0 Å². The first-order valence-corrected chi connectivity index (χ1v) is 12.7. The summed E-state index contributed by atoms with van der Waals surface area (Å²) < 4.78 is 32.6. The lowest BCUT2D eigenvalue weighted by Crippen LogP contribution is -2.39. The molecule has 8 heteroatoms. The minimum absolute atomic E-state index is 0.101. The van der Waals surface area contributed by atoms with E-state index >= 15 is 0 Å². The van der Waals surface area contributed by atoms with Gasteiger partial charge in [0.15, 0.2) is 0 Å². The molecule has 0 bridgehead atoms. The summed E-state index contributed by atoms with van der Waals surface area (Å²) in [5.41, 5.74) is 2.71. The lowest BCUT2D eigenvalue weighted by Gasteiger charge is -2.32. The van der Waals surface area contributed by atoms with Crippen molar-refractivity contribution in [1.29, 1.82) is 0 Å². The molecule has 1 atom stereocenters. The third kappa shape index (κ3) is 4.60. The minimum atomic E-state index is -3.28. The standard InChI is InChI=1S/C22H32N4O3S/c1-3-30(27,28)26-13-7-6-10-20(26)22-24-23-21(29-22)18-11-14-25(15-12-18)16-19-9-5-4-8-17(19)2/h4-5,8-9,18,20H,3,6-7,10-16H2,1-2H3. The Morgan fingerprint density at radius 3 is 2.50 bits per heavy atom. The van der Waals surface area contributed by atoms with Crippen LogP contribution >= 0.6 is 0 Å². The summed E-state index contributed by atoms with van der Waals surface area (Å²) in [7, 11) is -3.28. The SMILES string of the molecule is CCS(=O)(=O)N1CCCCC1c1nnc(C2CCN(Cc3ccccc3C)CC2)o1. The van der Waals surface area contributed by atoms with E-state index in [1.54, 1.807) is 11.2 Å². The smallest absolute Gasteiger partial charge is 0.234 e. The van der Waals surface area contributed by atoms with Gasteiger partial charge in [0.25, 0.3) is 0 Å². The molecule has 0 saturated carbocycles. The first-order valence-electron chi connectivity index (χ1n) is 11.1. The van der Waals surface area contributed by atoms with Crippen molar-refractivity contribution in [2.24, 2.45) is 0 Å². The van der Waals surface area contributed by atoms with Gasteiger partial charge in [0.1, 0.15) is 6.04 Å². The summed E-state index contributed by atoms with van der Waals surface area (Å²) in [5.74, 6) is 1.48. The Bertz CT molecular complexity index is 951. The maximum Gasteiger partial charge on any atom is 0.234 e. The molecule has 2 fully saturated rings. The Hall–Kier alpha value is -1.77. The number of aromatic nitrogens is 2. The molecular formula is C22H32N4O3S. The average molecular weight is 433 g/mol. The fraction of sp³-hybridized carbons (Fsp3) is 0.636. The van der Waals surface area contributed by atoms with Crippen LogP contribution in [0.15, 0.2) is 28.7 Å². The molecule has 164 valence electrons. The van der Waals surface area contributed by atoms with E-state index in [9.17, 15) is 8.42 Å². The highest BCUT2D eigenvalue weighted by Gasteiger charge is 2.36. The van der Waals surface area contributed by atoms with Crippen molar-refractivity contribution in [3.05, 3.63) is 47.2 Å². The third-order valence-corrected chi connectivity index (χ3v) is 8.39. The van der Waals surface area contributed by atoms with Gasteiger partial charge in [0.05, 0.1) is 5.75 Å². The molecular weight excluding hydrogens is 400 g/mol. The average Bonchev–Trinajstić information content (AvgIpc) is 3.26. The van der Waals surface area contributed by atoms with E-state index in [0.29, 0.717) is 18.3 Å². The highest BCUT2D eigenvalue weighted by molar-refractivity contribution is 7.89. The summed E-state index contributed by atoms with van der Waals surface area (Å²) in [4.78, 5) is 2.48. The molecule has 7 nitrogen and oxygen atoms in total. The normalized spacial score (nSPS) is 22.4. The van der Waals surface area contributed by atoms with Gasteiger partial charge in [-0.05, 0) is 63.7 Å². The van der Waals surface area contributed by atoms with Crippen molar-refractivity contribution in [1.82, 2.24) is 19.4 Å². The molecule has 0 N–H and O–H groups in total. The second-order valence-corrected chi connectivity index (χ2v) is 10.7. The predicted molar refractivity (Wildman–Crippen MR) is 115 cm³/mol. The number of piperidine rings is 2. The zero-order chi connectivity index (χ0) is 21.1. The fourth-order valence-corrected chi connectivity index (χ4v) is 5.89. The molecule has 2 aliphatic heterocycles. The molecule has 0 spiro atoms. The molecule has 1 unspecified atom stereocenters. The Morgan fingerprint density at radius 1 is 1.03 bits per heavy atom. The van der Waals surface area contributed by atoms with Gasteiger partial charge in [-0.25, -0.2) is 8.42 Å². The topological polar surface area (TPSA) is 79.5 Å². The molecule has 0 radical (unpaired) electrons. The van der Waals surface area contributed by atoms with Crippen LogP contribution in [-0.2, 0) is 16.6 Å². The van der Waals surface area contributed by atoms with Crippen LogP contribution in [0.4, 0.5) is 0 Å². The van der Waals surface area contributed by atoms with E-state index in [2.05, 4.69) is 46.3 Å². The summed E-state index contributed by atoms with van der Waals surface area (Å²) in [6.07, 6.45) is 4.57. The van der Waals surface area contributed by atoms with Crippen molar-refractivity contribution in [2.75, 3.05) is 25.4 Å². The third-order valence-electron chi connectivity index (χ3n) is 6.51. The number of rotatable bonds is 6. The number of nitrogens with zero attached hydrogens (tertiary/aromatic N) is 4. The summed E-state index contributed by atoms with van der Waals surface area (Å²) in [6, 6.07) is 8.23. The molecule has 3 heterocycles. The van der Waals surface area contributed by atoms with Crippen LogP contribution in [0.5, 0.6) is 0 Å². The Morgan fingerprint density at radius 2 is 1.77 bits per heavy atom. The van der Waals surface area contributed by atoms with Gasteiger partial charge in [0.2, 0.25) is 21.8 Å². The van der Waals surface area contributed by atoms with Gasteiger partial charge in [-0.1, -0.05) is 30.7 Å². The highest BCUT2D eigenvalue weighted by atomic mass is 32.2. The lowest BCUT2D eigenvalue weighted by molar-refractivity contribution is 0.183. The van der Waals surface area contributed by atoms with Gasteiger partial charge in [-0.3, -0.25) is 4.90 Å². The van der Waals surface area contributed by atoms with Crippen molar-refractivity contribution in [2.45, 2.75) is 64.5 Å². The van der Waals surface area contributed by atoms with Gasteiger partial charge in [0, 0.05) is 19.0 Å². The highest BCUT2D eigenvalue weighted by Crippen LogP contribution is 2.35. The molecule has 2 saturated heterocycles. The van der Waals surface area contributed by atoms with Crippen LogP contribution in [0.1, 0.15) is 73.9 Å². The maximum atomic E-state index is 12.5. The molecule has 30 heavy (non-hydrogen) atoms. The molecule has 1 aromatic heterocycles. The second kappa shape index (κ2) is 9.16. The Labute approximate surface area is 179 Å². The minimum Gasteiger partial charge on any atom is -0.423 e. The number of likely N-dealkylation sites (tertiary alicyclic amines) is 1. The fourth-order valence-electron chi connectivity index (χ4n) is 4.56. The van der Waals surface area contributed by atoms with E-state index in [1.807, 2.05) is 0 Å². The predicted octanol–water partition coefficient (Wildman–Crippen LogP) is 3.63. The molecule has 2 aromatic rings. The van der Waals surface area contributed by atoms with Gasteiger partial charge in [-0.15, -0.1) is 10.2 Å². The van der Waals surface area contributed by atoms with Gasteiger partial charge >= 0.3 is 0 Å². The van der Waals surface area contributed by atoms with E-state index < -0.39 is 10.0 Å². The van der Waals surface area contributed by atoms with Crippen LogP contribution in [0, 0.1) is 6.92 Å². The van der Waals surface area contributed by atoms with Crippen molar-refractivity contribution < 1.29 is 12.8 Å². The molecule has 4 rings (SSSR count). The van der Waals surface area contributed by atoms with Crippen LogP contribution in [0.2, 0.25) is 0 Å². The Balaban J connectivity index is 1.39. The summed E-state index contributed by atoms with van der Waals surface area (Å²) >= 11 is 0. The van der Waals surface area contributed by atoms with E-state index in [1.165, 1.54) is 11.1 Å². The zero-order valence-corrected chi connectivity index (χ0v) is 18.8. The van der Waals surface area contributed by atoms with Crippen LogP contribution in [0.25, 0.3) is 0 Å². The lowest BCUT2D eigenvalue weighted by atomic mass is 9.96. The molecule has 0 aliphatic carbocycles. The number of benzene rings is 1. The summed E-state index contributed by atoms with van der Waals surface area (Å²) in [5, 5.41) is 8.60. The zero-order valence-electron chi connectivity index (χ0n) is 18.0. The van der Waals surface area contributed by atoms with Crippen molar-refractivity contribution in [3.63, 3.8) is 0 Å². The van der Waals surface area contributed by atoms with Gasteiger partial charge < -0.3 is 4.42 Å². The molecule has 1 aromatic carbocycles. The second-order valence-electron chi connectivity index (χ2n) is 8.48. The first-order chi connectivity index (χ1) is 14.5. The van der Waals surface area contributed by atoms with E-state index in [-0.39, 0.29) is 17.7 Å². The molecule has 2 aliphatic rings. The van der Waals surface area contributed by atoms with Crippen LogP contribution in [0.3, 0.4) is 0 Å². The van der Waals surface area contributed by atoms with Gasteiger partial charge in [-0.2, -0.15) is 4.31 Å². The quantitative estimate of drug-likeness (QED) is 0.693. The largest absolute Gasteiger partial charge is 0.423 e. The number of hydrogen-bond acceptors (Lipinski definition) is 6. The Kier molecular flexibility index (Phi) is 6.55. The first kappa shape index (κ1) is 21.5. The molecule has 0 amide bonds.